The monoisotopic (exact) mass is 731 g/mol. The van der Waals surface area contributed by atoms with Gasteiger partial charge >= 0.3 is 12.0 Å². The summed E-state index contributed by atoms with van der Waals surface area (Å²) in [5, 5.41) is 3.99. The number of benzene rings is 2. The van der Waals surface area contributed by atoms with Crippen molar-refractivity contribution >= 4 is 72.6 Å². The first kappa shape index (κ1) is 32.3. The summed E-state index contributed by atoms with van der Waals surface area (Å²) in [6, 6.07) is 3.71. The van der Waals surface area contributed by atoms with Gasteiger partial charge in [-0.15, -0.1) is 0 Å². The van der Waals surface area contributed by atoms with Crippen LogP contribution in [0.2, 0.25) is 10.3 Å². The SMILES string of the molecule is Nc1nc2c(-c3c(Cl)cc4c(NC5CCN(C(=O)n6ccnc6Cl)CC5)nc(OC[C@@]56CCCN5C[C@H](F)C6)nc4c3F)ccc(F)c2s1. The lowest BCUT2D eigenvalue weighted by Crippen LogP contribution is -2.44. The van der Waals surface area contributed by atoms with E-state index in [0.717, 1.165) is 30.7 Å². The lowest BCUT2D eigenvalue weighted by molar-refractivity contribution is 0.107. The summed E-state index contributed by atoms with van der Waals surface area (Å²) in [6.07, 6.45) is 5.20. The van der Waals surface area contributed by atoms with E-state index in [1.54, 1.807) is 11.0 Å². The van der Waals surface area contributed by atoms with Crippen LogP contribution >= 0.6 is 34.5 Å². The number of nitrogens with two attached hydrogens (primary N) is 1. The van der Waals surface area contributed by atoms with Gasteiger partial charge in [0.1, 0.15) is 29.9 Å². The summed E-state index contributed by atoms with van der Waals surface area (Å²) in [5.41, 5.74) is 5.80. The van der Waals surface area contributed by atoms with Gasteiger partial charge in [0.2, 0.25) is 5.28 Å². The molecule has 5 aromatic rings. The molecule has 11 nitrogen and oxygen atoms in total. The van der Waals surface area contributed by atoms with Gasteiger partial charge in [0.05, 0.1) is 20.8 Å². The van der Waals surface area contributed by atoms with Crippen LogP contribution in [0.1, 0.15) is 32.1 Å². The van der Waals surface area contributed by atoms with Crippen LogP contribution < -0.4 is 15.8 Å². The van der Waals surface area contributed by atoms with Crippen LogP contribution in [-0.2, 0) is 0 Å². The second-order valence-corrected chi connectivity index (χ2v) is 14.5. The Morgan fingerprint density at radius 1 is 1.14 bits per heavy atom. The third-order valence-electron chi connectivity index (χ3n) is 9.78. The zero-order valence-corrected chi connectivity index (χ0v) is 28.3. The molecule has 3 fully saturated rings. The van der Waals surface area contributed by atoms with Crippen molar-refractivity contribution in [1.82, 2.24) is 34.3 Å². The van der Waals surface area contributed by atoms with Gasteiger partial charge in [-0.1, -0.05) is 22.9 Å². The highest BCUT2D eigenvalue weighted by Gasteiger charge is 2.49. The standard InChI is InChI=1S/C32H30Cl2F3N9O2S/c33-20-12-19-24(23(37)22(20)18-2-3-21(36)26-25(18)41-29(38)49-26)42-30(48-15-32-6-1-8-45(32)14-16(35)13-32)43-27(19)40-17-4-9-44(10-5-17)31(47)46-11-7-39-28(46)34/h2-3,7,11-12,16-17H,1,4-6,8-10,13-15H2,(H2,38,41)(H,40,42,43)/t16-,32+/m1/s1. The van der Waals surface area contributed by atoms with Gasteiger partial charge < -0.3 is 20.7 Å². The number of nitrogen functional groups attached to an aromatic ring is 1. The fourth-order valence-corrected chi connectivity index (χ4v) is 8.67. The number of likely N-dealkylation sites (tertiary alicyclic amines) is 1. The Morgan fingerprint density at radius 2 is 1.96 bits per heavy atom. The molecule has 49 heavy (non-hydrogen) atoms. The maximum Gasteiger partial charge on any atom is 0.330 e. The maximum atomic E-state index is 16.8. The molecule has 3 saturated heterocycles. The van der Waals surface area contributed by atoms with Gasteiger partial charge in [-0.2, -0.15) is 9.97 Å². The van der Waals surface area contributed by atoms with Crippen molar-refractivity contribution in [2.24, 2.45) is 0 Å². The molecule has 0 unspecified atom stereocenters. The zero-order valence-electron chi connectivity index (χ0n) is 25.9. The number of hydrogen-bond acceptors (Lipinski definition) is 10. The van der Waals surface area contributed by atoms with Crippen molar-refractivity contribution in [3.05, 3.63) is 52.5 Å². The van der Waals surface area contributed by atoms with Crippen LogP contribution in [0.15, 0.2) is 30.6 Å². The minimum absolute atomic E-state index is 0.0123. The zero-order chi connectivity index (χ0) is 34.0. The summed E-state index contributed by atoms with van der Waals surface area (Å²) in [5.74, 6) is -0.994. The third-order valence-corrected chi connectivity index (χ3v) is 11.3. The predicted octanol–water partition coefficient (Wildman–Crippen LogP) is 6.77. The molecule has 3 N–H and O–H groups in total. The second-order valence-electron chi connectivity index (χ2n) is 12.7. The van der Waals surface area contributed by atoms with Crippen LogP contribution in [0.25, 0.3) is 32.2 Å². The Kier molecular flexibility index (Phi) is 8.20. The molecule has 3 aliphatic rings. The number of halogens is 5. The summed E-state index contributed by atoms with van der Waals surface area (Å²) < 4.78 is 53.6. The lowest BCUT2D eigenvalue weighted by Gasteiger charge is -2.33. The molecule has 0 radical (unpaired) electrons. The normalized spacial score (nSPS) is 21.6. The van der Waals surface area contributed by atoms with Gasteiger partial charge in [-0.25, -0.2) is 32.5 Å². The molecule has 2 atom stereocenters. The highest BCUT2D eigenvalue weighted by molar-refractivity contribution is 7.22. The summed E-state index contributed by atoms with van der Waals surface area (Å²) in [4.78, 5) is 34.1. The number of carbonyl (C=O) groups is 1. The van der Waals surface area contributed by atoms with E-state index >= 15 is 4.39 Å². The van der Waals surface area contributed by atoms with Crippen LogP contribution in [0.3, 0.4) is 0 Å². The van der Waals surface area contributed by atoms with E-state index in [4.69, 9.17) is 33.7 Å². The smallest absolute Gasteiger partial charge is 0.330 e. The lowest BCUT2D eigenvalue weighted by atomic mass is 9.95. The number of nitrogens with zero attached hydrogens (tertiary/aromatic N) is 7. The summed E-state index contributed by atoms with van der Waals surface area (Å²) in [6.45, 7) is 2.14. The van der Waals surface area contributed by atoms with E-state index in [1.165, 1.54) is 29.1 Å². The van der Waals surface area contributed by atoms with E-state index in [-0.39, 0.29) is 67.0 Å². The van der Waals surface area contributed by atoms with E-state index in [9.17, 15) is 13.6 Å². The minimum atomic E-state index is -0.948. The number of carbonyl (C=O) groups excluding carboxylic acids is 1. The van der Waals surface area contributed by atoms with Gasteiger partial charge in [-0.3, -0.25) is 4.90 Å². The predicted molar refractivity (Wildman–Crippen MR) is 182 cm³/mol. The number of aromatic nitrogens is 5. The van der Waals surface area contributed by atoms with E-state index in [2.05, 4.69) is 30.2 Å². The van der Waals surface area contributed by atoms with Crippen molar-refractivity contribution in [3.8, 4) is 17.1 Å². The van der Waals surface area contributed by atoms with Crippen molar-refractivity contribution in [1.29, 1.82) is 0 Å². The molecular weight excluding hydrogens is 702 g/mol. The number of thiazole rings is 1. The van der Waals surface area contributed by atoms with Crippen LogP contribution in [0, 0.1) is 11.6 Å². The number of amides is 1. The van der Waals surface area contributed by atoms with Crippen molar-refractivity contribution < 1.29 is 22.7 Å². The fourth-order valence-electron chi connectivity index (χ4n) is 7.43. The van der Waals surface area contributed by atoms with Crippen LogP contribution in [0.5, 0.6) is 6.01 Å². The number of nitrogens with one attached hydrogen (secondary N) is 1. The van der Waals surface area contributed by atoms with Crippen molar-refractivity contribution in [2.75, 3.05) is 43.8 Å². The molecule has 3 aliphatic heterocycles. The first-order chi connectivity index (χ1) is 23.6. The number of alkyl halides is 1. The molecule has 0 saturated carbocycles. The quantitative estimate of drug-likeness (QED) is 0.195. The second kappa shape index (κ2) is 12.4. The largest absolute Gasteiger partial charge is 0.461 e. The Balaban J connectivity index is 1.15. The van der Waals surface area contributed by atoms with Crippen molar-refractivity contribution in [3.63, 3.8) is 0 Å². The molecule has 6 heterocycles. The number of hydrogen-bond donors (Lipinski definition) is 2. The van der Waals surface area contributed by atoms with Gasteiger partial charge in [0, 0.05) is 61.0 Å². The van der Waals surface area contributed by atoms with Crippen LogP contribution in [-0.4, -0.2) is 90.9 Å². The maximum absolute atomic E-state index is 16.8. The average Bonchev–Trinajstić information content (AvgIpc) is 3.85. The number of rotatable bonds is 6. The summed E-state index contributed by atoms with van der Waals surface area (Å²) >= 11 is 13.8. The minimum Gasteiger partial charge on any atom is -0.461 e. The first-order valence-corrected chi connectivity index (χ1v) is 17.5. The highest BCUT2D eigenvalue weighted by Crippen LogP contribution is 2.43. The Morgan fingerprint density at radius 3 is 2.73 bits per heavy atom. The molecule has 3 aromatic heterocycles. The topological polar surface area (TPSA) is 127 Å². The molecule has 1 amide bonds. The fraction of sp³-hybridized carbons (Fsp3) is 0.406. The molecule has 17 heteroatoms. The number of anilines is 2. The van der Waals surface area contributed by atoms with Crippen molar-refractivity contribution in [2.45, 2.75) is 49.9 Å². The van der Waals surface area contributed by atoms with Gasteiger partial charge in [0.15, 0.2) is 10.9 Å². The van der Waals surface area contributed by atoms with E-state index in [0.29, 0.717) is 50.1 Å². The molecular formula is C32H30Cl2F3N9O2S. The Bertz CT molecular complexity index is 2110. The Labute approximate surface area is 292 Å². The van der Waals surface area contributed by atoms with Crippen LogP contribution in [0.4, 0.5) is 28.9 Å². The molecule has 0 aliphatic carbocycles. The average molecular weight is 733 g/mol. The van der Waals surface area contributed by atoms with E-state index < -0.39 is 23.3 Å². The molecule has 0 spiro atoms. The number of ether oxygens (including phenoxy) is 1. The van der Waals surface area contributed by atoms with Gasteiger partial charge in [-0.05, 0) is 62.0 Å². The number of imidazole rings is 1. The molecule has 256 valence electrons. The number of piperidine rings is 1. The first-order valence-electron chi connectivity index (χ1n) is 15.9. The number of fused-ring (bicyclic) bond motifs is 3. The third kappa shape index (κ3) is 5.69. The molecule has 8 rings (SSSR count). The molecule has 2 aromatic carbocycles. The van der Waals surface area contributed by atoms with E-state index in [1.807, 2.05) is 0 Å². The highest BCUT2D eigenvalue weighted by atomic mass is 35.5. The van der Waals surface area contributed by atoms with Gasteiger partial charge in [0.25, 0.3) is 0 Å². The molecule has 0 bridgehead atoms. The summed E-state index contributed by atoms with van der Waals surface area (Å²) in [7, 11) is 0. The Hall–Kier alpha value is -3.92.